The summed E-state index contributed by atoms with van der Waals surface area (Å²) in [7, 11) is 0. The SMILES string of the molecule is CC(=O)N[C@H](C(=O)O)C(C)(C)F. The molecule has 1 amide bonds. The molecule has 0 aliphatic carbocycles. The van der Waals surface area contributed by atoms with Crippen LogP contribution in [0, 0.1) is 0 Å². The van der Waals surface area contributed by atoms with E-state index < -0.39 is 23.6 Å². The molecule has 0 heterocycles. The van der Waals surface area contributed by atoms with Crippen molar-refractivity contribution in [2.24, 2.45) is 0 Å². The Morgan fingerprint density at radius 3 is 2.00 bits per heavy atom. The Morgan fingerprint density at radius 1 is 1.50 bits per heavy atom. The molecule has 1 atom stereocenters. The second kappa shape index (κ2) is 3.51. The second-order valence-electron chi connectivity index (χ2n) is 3.04. The largest absolute Gasteiger partial charge is 0.480 e. The number of aliphatic carboxylic acids is 1. The van der Waals surface area contributed by atoms with E-state index in [4.69, 9.17) is 5.11 Å². The van der Waals surface area contributed by atoms with Crippen molar-refractivity contribution in [2.45, 2.75) is 32.5 Å². The van der Waals surface area contributed by atoms with Crippen molar-refractivity contribution in [2.75, 3.05) is 0 Å². The molecular formula is C7H12FNO3. The monoisotopic (exact) mass is 177 g/mol. The fourth-order valence-corrected chi connectivity index (χ4v) is 0.730. The summed E-state index contributed by atoms with van der Waals surface area (Å²) in [6, 6.07) is -1.49. The summed E-state index contributed by atoms with van der Waals surface area (Å²) in [6.07, 6.45) is 0. The van der Waals surface area contributed by atoms with Crippen LogP contribution in [0.15, 0.2) is 0 Å². The lowest BCUT2D eigenvalue weighted by Gasteiger charge is -2.23. The van der Waals surface area contributed by atoms with Crippen LogP contribution in [0.1, 0.15) is 20.8 Å². The van der Waals surface area contributed by atoms with E-state index in [0.29, 0.717) is 0 Å². The van der Waals surface area contributed by atoms with Gasteiger partial charge in [-0.15, -0.1) is 0 Å². The van der Waals surface area contributed by atoms with Gasteiger partial charge in [0, 0.05) is 6.92 Å². The van der Waals surface area contributed by atoms with E-state index in [1.807, 2.05) is 5.32 Å². The van der Waals surface area contributed by atoms with Crippen molar-refractivity contribution in [3.63, 3.8) is 0 Å². The number of alkyl halides is 1. The molecule has 0 unspecified atom stereocenters. The Labute approximate surface area is 69.8 Å². The minimum absolute atomic E-state index is 0.562. The fraction of sp³-hybridized carbons (Fsp3) is 0.714. The topological polar surface area (TPSA) is 66.4 Å². The van der Waals surface area contributed by atoms with Gasteiger partial charge in [0.2, 0.25) is 5.91 Å². The molecule has 0 saturated carbocycles. The van der Waals surface area contributed by atoms with Gasteiger partial charge in [0.15, 0.2) is 6.04 Å². The molecule has 0 rings (SSSR count). The fourth-order valence-electron chi connectivity index (χ4n) is 0.730. The molecule has 0 fully saturated rings. The highest BCUT2D eigenvalue weighted by atomic mass is 19.1. The van der Waals surface area contributed by atoms with E-state index in [0.717, 1.165) is 20.8 Å². The smallest absolute Gasteiger partial charge is 0.329 e. The third kappa shape index (κ3) is 3.32. The van der Waals surface area contributed by atoms with Crippen LogP contribution in [0.25, 0.3) is 0 Å². The molecule has 5 heteroatoms. The maximum atomic E-state index is 13.1. The zero-order valence-electron chi connectivity index (χ0n) is 7.22. The van der Waals surface area contributed by atoms with E-state index in [-0.39, 0.29) is 0 Å². The first-order chi connectivity index (χ1) is 5.25. The van der Waals surface area contributed by atoms with Gasteiger partial charge in [-0.2, -0.15) is 0 Å². The zero-order chi connectivity index (χ0) is 9.94. The number of carboxylic acids is 1. The number of rotatable bonds is 3. The molecule has 0 aliphatic rings. The lowest BCUT2D eigenvalue weighted by Crippen LogP contribution is -2.51. The second-order valence-corrected chi connectivity index (χ2v) is 3.04. The summed E-state index contributed by atoms with van der Waals surface area (Å²) in [5.74, 6) is -1.94. The Balaban J connectivity index is 4.46. The van der Waals surface area contributed by atoms with Gasteiger partial charge in [0.05, 0.1) is 0 Å². The summed E-state index contributed by atoms with van der Waals surface area (Å²) in [5, 5.41) is 10.5. The van der Waals surface area contributed by atoms with Gasteiger partial charge in [-0.3, -0.25) is 4.79 Å². The summed E-state index contributed by atoms with van der Waals surface area (Å²) in [6.45, 7) is 3.34. The van der Waals surface area contributed by atoms with E-state index in [9.17, 15) is 14.0 Å². The molecule has 4 nitrogen and oxygen atoms in total. The Kier molecular flexibility index (Phi) is 3.18. The highest BCUT2D eigenvalue weighted by Crippen LogP contribution is 2.14. The minimum Gasteiger partial charge on any atom is -0.480 e. The molecule has 0 aliphatic heterocycles. The van der Waals surface area contributed by atoms with Crippen molar-refractivity contribution in [3.8, 4) is 0 Å². The molecule has 0 aromatic rings. The van der Waals surface area contributed by atoms with Gasteiger partial charge in [-0.1, -0.05) is 0 Å². The molecule has 0 aromatic heterocycles. The quantitative estimate of drug-likeness (QED) is 0.652. The van der Waals surface area contributed by atoms with E-state index in [1.54, 1.807) is 0 Å². The molecule has 2 N–H and O–H groups in total. The molecule has 70 valence electrons. The molecule has 0 bridgehead atoms. The van der Waals surface area contributed by atoms with Gasteiger partial charge in [-0.05, 0) is 13.8 Å². The molecule has 0 aromatic carbocycles. The average molecular weight is 177 g/mol. The van der Waals surface area contributed by atoms with Gasteiger partial charge >= 0.3 is 5.97 Å². The number of hydrogen-bond acceptors (Lipinski definition) is 2. The standard InChI is InChI=1S/C7H12FNO3/c1-4(10)9-5(6(11)12)7(2,3)8/h5H,1-3H3,(H,9,10)(H,11,12)/t5-/m1/s1. The van der Waals surface area contributed by atoms with Crippen LogP contribution in [0.2, 0.25) is 0 Å². The van der Waals surface area contributed by atoms with Gasteiger partial charge < -0.3 is 10.4 Å². The summed E-state index contributed by atoms with van der Waals surface area (Å²) >= 11 is 0. The highest BCUT2D eigenvalue weighted by molar-refractivity contribution is 5.83. The van der Waals surface area contributed by atoms with Gasteiger partial charge in [0.1, 0.15) is 5.67 Å². The van der Waals surface area contributed by atoms with E-state index in [1.165, 1.54) is 0 Å². The van der Waals surface area contributed by atoms with Crippen LogP contribution in [0.4, 0.5) is 4.39 Å². The highest BCUT2D eigenvalue weighted by Gasteiger charge is 2.35. The lowest BCUT2D eigenvalue weighted by atomic mass is 10.0. The molecule has 0 spiro atoms. The first kappa shape index (κ1) is 10.9. The van der Waals surface area contributed by atoms with Crippen LogP contribution in [-0.4, -0.2) is 28.7 Å². The number of carbonyl (C=O) groups excluding carboxylic acids is 1. The first-order valence-electron chi connectivity index (χ1n) is 3.44. The van der Waals surface area contributed by atoms with Gasteiger partial charge in [-0.25, -0.2) is 9.18 Å². The zero-order valence-corrected chi connectivity index (χ0v) is 7.22. The number of carbonyl (C=O) groups is 2. The summed E-state index contributed by atoms with van der Waals surface area (Å²) < 4.78 is 13.1. The summed E-state index contributed by atoms with van der Waals surface area (Å²) in [4.78, 5) is 20.9. The van der Waals surface area contributed by atoms with E-state index in [2.05, 4.69) is 0 Å². The number of hydrogen-bond donors (Lipinski definition) is 2. The van der Waals surface area contributed by atoms with Crippen molar-refractivity contribution in [1.82, 2.24) is 5.32 Å². The molecular weight excluding hydrogens is 165 g/mol. The van der Waals surface area contributed by atoms with Crippen LogP contribution in [0.5, 0.6) is 0 Å². The number of carboxylic acid groups (broad SMARTS) is 1. The predicted octanol–water partition coefficient (Wildman–Crippen LogP) is 0.324. The minimum atomic E-state index is -1.96. The van der Waals surface area contributed by atoms with Crippen molar-refractivity contribution in [1.29, 1.82) is 0 Å². The number of nitrogens with one attached hydrogen (secondary N) is 1. The van der Waals surface area contributed by atoms with Crippen LogP contribution >= 0.6 is 0 Å². The average Bonchev–Trinajstić information content (AvgIpc) is 1.79. The van der Waals surface area contributed by atoms with Gasteiger partial charge in [0.25, 0.3) is 0 Å². The number of halogens is 1. The van der Waals surface area contributed by atoms with Crippen LogP contribution < -0.4 is 5.32 Å². The summed E-state index contributed by atoms with van der Waals surface area (Å²) in [5.41, 5.74) is -1.96. The Bertz CT molecular complexity index is 197. The van der Waals surface area contributed by atoms with E-state index >= 15 is 0 Å². The normalized spacial score (nSPS) is 13.7. The van der Waals surface area contributed by atoms with Crippen LogP contribution in [0.3, 0.4) is 0 Å². The Morgan fingerprint density at radius 2 is 1.92 bits per heavy atom. The van der Waals surface area contributed by atoms with Crippen molar-refractivity contribution < 1.29 is 19.1 Å². The molecule has 12 heavy (non-hydrogen) atoms. The van der Waals surface area contributed by atoms with Crippen molar-refractivity contribution in [3.05, 3.63) is 0 Å². The molecule has 0 saturated heterocycles. The number of amides is 1. The lowest BCUT2D eigenvalue weighted by molar-refractivity contribution is -0.145. The maximum Gasteiger partial charge on any atom is 0.329 e. The molecule has 0 radical (unpaired) electrons. The van der Waals surface area contributed by atoms with Crippen LogP contribution in [-0.2, 0) is 9.59 Å². The van der Waals surface area contributed by atoms with Crippen molar-refractivity contribution >= 4 is 11.9 Å². The Hall–Kier alpha value is -1.13. The third-order valence-electron chi connectivity index (χ3n) is 1.28. The third-order valence-corrected chi connectivity index (χ3v) is 1.28. The first-order valence-corrected chi connectivity index (χ1v) is 3.44. The maximum absolute atomic E-state index is 13.1. The predicted molar refractivity (Wildman–Crippen MR) is 40.4 cm³/mol.